The van der Waals surface area contributed by atoms with Gasteiger partial charge in [-0.1, -0.05) is 84.9 Å². The van der Waals surface area contributed by atoms with E-state index in [-0.39, 0.29) is 30.6 Å². The van der Waals surface area contributed by atoms with E-state index in [0.29, 0.717) is 19.6 Å². The molecule has 3 atom stereocenters. The zero-order valence-corrected chi connectivity index (χ0v) is 27.9. The zero-order valence-electron chi connectivity index (χ0n) is 27.9. The van der Waals surface area contributed by atoms with Crippen molar-refractivity contribution in [1.29, 1.82) is 0 Å². The first-order chi connectivity index (χ1) is 23.9. The largest absolute Gasteiger partial charge is 0.392 e. The summed E-state index contributed by atoms with van der Waals surface area (Å²) >= 11 is 0. The number of aliphatic hydroxyl groups is 1. The predicted molar refractivity (Wildman–Crippen MR) is 188 cm³/mol. The number of carbonyl (C=O) groups is 2. The van der Waals surface area contributed by atoms with E-state index in [0.717, 1.165) is 71.5 Å². The molecule has 0 radical (unpaired) electrons. The zero-order chi connectivity index (χ0) is 33.8. The maximum absolute atomic E-state index is 13.2. The normalized spacial score (nSPS) is 22.2. The van der Waals surface area contributed by atoms with Gasteiger partial charge in [-0.25, -0.2) is 0 Å². The number of hydrogen-bond donors (Lipinski definition) is 3. The number of likely N-dealkylation sites (tertiary alicyclic amines) is 1. The van der Waals surface area contributed by atoms with E-state index in [9.17, 15) is 14.7 Å². The number of anilines is 1. The van der Waals surface area contributed by atoms with Gasteiger partial charge in [0.1, 0.15) is 5.54 Å². The molecule has 3 saturated heterocycles. The average Bonchev–Trinajstić information content (AvgIpc) is 3.46. The molecule has 7 rings (SSSR count). The number of carbonyl (C=O) groups excluding carboxylic acids is 2. The van der Waals surface area contributed by atoms with Crippen LogP contribution in [0.25, 0.3) is 11.1 Å². The summed E-state index contributed by atoms with van der Waals surface area (Å²) in [4.78, 5) is 29.3. The van der Waals surface area contributed by atoms with Crippen LogP contribution < -0.4 is 15.5 Å². The molecule has 3 fully saturated rings. The van der Waals surface area contributed by atoms with Crippen molar-refractivity contribution in [3.63, 3.8) is 0 Å². The summed E-state index contributed by atoms with van der Waals surface area (Å²) in [6, 6.07) is 34.7. The van der Waals surface area contributed by atoms with Crippen molar-refractivity contribution in [2.75, 3.05) is 31.2 Å². The van der Waals surface area contributed by atoms with Crippen LogP contribution in [0.1, 0.15) is 60.8 Å². The van der Waals surface area contributed by atoms with Gasteiger partial charge in [-0.2, -0.15) is 0 Å². The lowest BCUT2D eigenvalue weighted by Crippen LogP contribution is -2.57. The second-order valence-electron chi connectivity index (χ2n) is 13.3. The summed E-state index contributed by atoms with van der Waals surface area (Å²) in [6.45, 7) is 4.89. The van der Waals surface area contributed by atoms with Gasteiger partial charge in [0.25, 0.3) is 0 Å². The van der Waals surface area contributed by atoms with Crippen LogP contribution in [0.3, 0.4) is 0 Å². The Bertz CT molecular complexity index is 1740. The molecule has 3 heterocycles. The number of hydrogen-bond acceptors (Lipinski definition) is 7. The molecule has 9 nitrogen and oxygen atoms in total. The van der Waals surface area contributed by atoms with Gasteiger partial charge in [-0.3, -0.25) is 9.59 Å². The molecule has 3 aliphatic heterocycles. The van der Waals surface area contributed by atoms with Crippen LogP contribution in [0.5, 0.6) is 0 Å². The highest BCUT2D eigenvalue weighted by Crippen LogP contribution is 2.40. The Hall–Kier alpha value is -4.54. The number of aliphatic hydroxyl groups excluding tert-OH is 1. The van der Waals surface area contributed by atoms with E-state index in [1.165, 1.54) is 6.92 Å². The molecule has 0 aliphatic carbocycles. The number of piperidine rings is 1. The molecule has 2 amide bonds. The molecule has 9 heteroatoms. The van der Waals surface area contributed by atoms with Crippen LogP contribution in [0.4, 0.5) is 5.69 Å². The Morgan fingerprint density at radius 1 is 0.878 bits per heavy atom. The smallest absolute Gasteiger partial charge is 0.247 e. The number of nitrogens with zero attached hydrogens (tertiary/aromatic N) is 2. The van der Waals surface area contributed by atoms with Gasteiger partial charge < -0.3 is 35.0 Å². The molecule has 0 bridgehead atoms. The van der Waals surface area contributed by atoms with Crippen molar-refractivity contribution >= 4 is 17.5 Å². The molecule has 0 saturated carbocycles. The van der Waals surface area contributed by atoms with Crippen LogP contribution in [0.15, 0.2) is 103 Å². The number of ether oxygens (including phenoxy) is 2. The Labute approximate surface area is 287 Å². The third kappa shape index (κ3) is 7.26. The molecule has 3 N–H and O–H groups in total. The van der Waals surface area contributed by atoms with Crippen LogP contribution in [-0.2, 0) is 32.2 Å². The lowest BCUT2D eigenvalue weighted by atomic mass is 9.85. The third-order valence-corrected chi connectivity index (χ3v) is 10.1. The van der Waals surface area contributed by atoms with E-state index in [2.05, 4.69) is 69.0 Å². The molecular formula is C40H44N4O5. The fourth-order valence-corrected chi connectivity index (χ4v) is 7.38. The second kappa shape index (κ2) is 14.5. The fourth-order valence-electron chi connectivity index (χ4n) is 7.38. The Balaban J connectivity index is 1.06. The molecule has 3 aliphatic rings. The van der Waals surface area contributed by atoms with Gasteiger partial charge in [-0.05, 0) is 58.9 Å². The van der Waals surface area contributed by atoms with Crippen molar-refractivity contribution in [2.45, 2.75) is 63.4 Å². The Morgan fingerprint density at radius 3 is 2.33 bits per heavy atom. The van der Waals surface area contributed by atoms with Gasteiger partial charge in [0, 0.05) is 50.8 Å². The monoisotopic (exact) mass is 660 g/mol. The summed E-state index contributed by atoms with van der Waals surface area (Å²) in [7, 11) is 0. The minimum absolute atomic E-state index is 0.00115. The van der Waals surface area contributed by atoms with Crippen molar-refractivity contribution in [2.24, 2.45) is 0 Å². The maximum atomic E-state index is 13.2. The van der Waals surface area contributed by atoms with Gasteiger partial charge in [-0.15, -0.1) is 0 Å². The van der Waals surface area contributed by atoms with E-state index in [1.54, 1.807) is 0 Å². The predicted octanol–water partition coefficient (Wildman–Crippen LogP) is 5.46. The SMILES string of the molecule is CC(=O)NCc1cccc(-c2ccc([C@H]3O[C@@H](CN4CCC5(CC4)C(=O)NCN5c4ccccc4)C[C@@H](c4ccc(CO)cc4)O3)cc2)c1. The maximum Gasteiger partial charge on any atom is 0.247 e. The first-order valence-electron chi connectivity index (χ1n) is 17.2. The number of benzene rings is 4. The summed E-state index contributed by atoms with van der Waals surface area (Å²) in [5.74, 6) is 0.0657. The van der Waals surface area contributed by atoms with Crippen molar-refractivity contribution in [3.8, 4) is 11.1 Å². The van der Waals surface area contributed by atoms with E-state index in [4.69, 9.17) is 9.47 Å². The topological polar surface area (TPSA) is 103 Å². The number of amides is 2. The molecule has 49 heavy (non-hydrogen) atoms. The highest BCUT2D eigenvalue weighted by molar-refractivity contribution is 5.93. The standard InChI is InChI=1S/C40H44N4O5/c1-28(46)41-24-30-6-5-7-34(22-30)31-14-16-33(17-15-31)38-48-36(23-37(49-38)32-12-10-29(26-45)11-13-32)25-43-20-18-40(19-21-43)39(47)42-27-44(40)35-8-3-2-4-9-35/h2-17,22,36-38,45H,18-21,23-27H2,1H3,(H,41,46)(H,42,47)/t36-,37+,38+/m1/s1. The summed E-state index contributed by atoms with van der Waals surface area (Å²) < 4.78 is 13.3. The number of para-hydroxylation sites is 1. The Morgan fingerprint density at radius 2 is 1.61 bits per heavy atom. The lowest BCUT2D eigenvalue weighted by Gasteiger charge is -2.45. The van der Waals surface area contributed by atoms with Crippen LogP contribution >= 0.6 is 0 Å². The fraction of sp³-hybridized carbons (Fsp3) is 0.350. The lowest BCUT2D eigenvalue weighted by molar-refractivity contribution is -0.253. The number of rotatable bonds is 9. The van der Waals surface area contributed by atoms with E-state index < -0.39 is 11.8 Å². The van der Waals surface area contributed by atoms with Crippen LogP contribution in [0.2, 0.25) is 0 Å². The second-order valence-corrected chi connectivity index (χ2v) is 13.3. The first kappa shape index (κ1) is 33.0. The van der Waals surface area contributed by atoms with Crippen LogP contribution in [-0.4, -0.2) is 59.8 Å². The van der Waals surface area contributed by atoms with Crippen LogP contribution in [0, 0.1) is 0 Å². The van der Waals surface area contributed by atoms with Crippen molar-refractivity contribution in [1.82, 2.24) is 15.5 Å². The molecule has 0 aromatic heterocycles. The highest BCUT2D eigenvalue weighted by atomic mass is 16.7. The minimum Gasteiger partial charge on any atom is -0.392 e. The van der Waals surface area contributed by atoms with Gasteiger partial charge >= 0.3 is 0 Å². The van der Waals surface area contributed by atoms with Crippen molar-refractivity contribution in [3.05, 3.63) is 125 Å². The highest BCUT2D eigenvalue weighted by Gasteiger charge is 2.50. The number of nitrogens with one attached hydrogen (secondary N) is 2. The molecular weight excluding hydrogens is 616 g/mol. The minimum atomic E-state index is -0.549. The van der Waals surface area contributed by atoms with Crippen molar-refractivity contribution < 1.29 is 24.2 Å². The van der Waals surface area contributed by atoms with E-state index >= 15 is 0 Å². The van der Waals surface area contributed by atoms with E-state index in [1.807, 2.05) is 54.6 Å². The van der Waals surface area contributed by atoms with Gasteiger partial charge in [0.15, 0.2) is 6.29 Å². The molecule has 4 aromatic rings. The first-order valence-corrected chi connectivity index (χ1v) is 17.2. The average molecular weight is 661 g/mol. The quantitative estimate of drug-likeness (QED) is 0.219. The Kier molecular flexibility index (Phi) is 9.77. The van der Waals surface area contributed by atoms with Gasteiger partial charge in [0.05, 0.1) is 25.5 Å². The molecule has 4 aromatic carbocycles. The van der Waals surface area contributed by atoms with Gasteiger partial charge in [0.2, 0.25) is 11.8 Å². The summed E-state index contributed by atoms with van der Waals surface area (Å²) in [5, 5.41) is 15.6. The molecule has 0 unspecified atom stereocenters. The third-order valence-electron chi connectivity index (χ3n) is 10.1. The summed E-state index contributed by atoms with van der Waals surface area (Å²) in [5.41, 5.74) is 6.59. The summed E-state index contributed by atoms with van der Waals surface area (Å²) in [6.07, 6.45) is 1.40. The molecule has 254 valence electrons. The molecule has 1 spiro atoms.